The number of sulfonamides is 1. The summed E-state index contributed by atoms with van der Waals surface area (Å²) in [6.07, 6.45) is 2.85. The van der Waals surface area contributed by atoms with Crippen molar-refractivity contribution in [1.29, 1.82) is 0 Å². The molecule has 1 aliphatic carbocycles. The fourth-order valence-electron chi connectivity index (χ4n) is 3.38. The maximum Gasteiger partial charge on any atom is 0.317 e. The van der Waals surface area contributed by atoms with Gasteiger partial charge in [-0.15, -0.1) is 0 Å². The van der Waals surface area contributed by atoms with Crippen LogP contribution in [0.1, 0.15) is 24.0 Å². The molecule has 0 saturated carbocycles. The Kier molecular flexibility index (Phi) is 5.47. The minimum absolute atomic E-state index is 0.0573. The molecular formula is C17H23N3O5S. The lowest BCUT2D eigenvalue weighted by Crippen LogP contribution is -2.53. The Morgan fingerprint density at radius 3 is 2.46 bits per heavy atom. The molecule has 0 radical (unpaired) electrons. The summed E-state index contributed by atoms with van der Waals surface area (Å²) in [5.74, 6) is -0.976. The Hall–Kier alpha value is -2.13. The lowest BCUT2D eigenvalue weighted by molar-refractivity contribution is -0.136. The summed E-state index contributed by atoms with van der Waals surface area (Å²) in [6.45, 7) is 1.07. The van der Waals surface area contributed by atoms with E-state index in [1.165, 1.54) is 14.8 Å². The number of rotatable bonds is 5. The van der Waals surface area contributed by atoms with Gasteiger partial charge < -0.3 is 15.3 Å². The number of urea groups is 1. The SMILES string of the molecule is O=C(O)CCNC(=O)N1CCN(S(=O)(=O)c2ccc3c(c2)CCC3)CC1. The number of amides is 2. The molecule has 0 spiro atoms. The van der Waals surface area contributed by atoms with E-state index < -0.39 is 16.0 Å². The van der Waals surface area contributed by atoms with Gasteiger partial charge in [-0.3, -0.25) is 4.79 Å². The van der Waals surface area contributed by atoms with Crippen molar-refractivity contribution >= 4 is 22.0 Å². The van der Waals surface area contributed by atoms with E-state index in [4.69, 9.17) is 5.11 Å². The average molecular weight is 381 g/mol. The van der Waals surface area contributed by atoms with Crippen molar-refractivity contribution in [3.05, 3.63) is 29.3 Å². The van der Waals surface area contributed by atoms with Crippen molar-refractivity contribution in [2.75, 3.05) is 32.7 Å². The van der Waals surface area contributed by atoms with Gasteiger partial charge in [-0.25, -0.2) is 13.2 Å². The normalized spacial score (nSPS) is 17.8. The molecule has 0 unspecified atom stereocenters. The van der Waals surface area contributed by atoms with Crippen molar-refractivity contribution in [3.63, 3.8) is 0 Å². The molecule has 0 bridgehead atoms. The highest BCUT2D eigenvalue weighted by molar-refractivity contribution is 7.89. The predicted molar refractivity (Wildman–Crippen MR) is 94.5 cm³/mol. The Bertz CT molecular complexity index is 801. The molecule has 8 nitrogen and oxygen atoms in total. The van der Waals surface area contributed by atoms with E-state index in [2.05, 4.69) is 5.32 Å². The number of nitrogens with zero attached hydrogens (tertiary/aromatic N) is 2. The predicted octanol–water partition coefficient (Wildman–Crippen LogP) is 0.666. The van der Waals surface area contributed by atoms with Crippen LogP contribution in [0.3, 0.4) is 0 Å². The smallest absolute Gasteiger partial charge is 0.317 e. The van der Waals surface area contributed by atoms with Gasteiger partial charge in [0.1, 0.15) is 0 Å². The number of carboxylic acids is 1. The zero-order chi connectivity index (χ0) is 18.7. The number of carbonyl (C=O) groups excluding carboxylic acids is 1. The van der Waals surface area contributed by atoms with Gasteiger partial charge in [0.25, 0.3) is 0 Å². The maximum absolute atomic E-state index is 12.9. The van der Waals surface area contributed by atoms with Gasteiger partial charge >= 0.3 is 12.0 Å². The monoisotopic (exact) mass is 381 g/mol. The number of nitrogens with one attached hydrogen (secondary N) is 1. The molecule has 1 aromatic carbocycles. The standard InChI is InChI=1S/C17H23N3O5S/c21-16(22)6-7-18-17(23)19-8-10-20(11-9-19)26(24,25)15-5-4-13-2-1-3-14(13)12-15/h4-5,12H,1-3,6-11H2,(H,18,23)(H,21,22). The molecule has 0 atom stereocenters. The molecule has 1 aromatic rings. The van der Waals surface area contributed by atoms with Crippen LogP contribution in [0.15, 0.2) is 23.1 Å². The molecule has 26 heavy (non-hydrogen) atoms. The first kappa shape index (κ1) is 18.7. The first-order chi connectivity index (χ1) is 12.4. The van der Waals surface area contributed by atoms with Gasteiger partial charge in [-0.1, -0.05) is 6.07 Å². The van der Waals surface area contributed by atoms with Crippen molar-refractivity contribution < 1.29 is 23.1 Å². The lowest BCUT2D eigenvalue weighted by atomic mass is 10.1. The van der Waals surface area contributed by atoms with Crippen molar-refractivity contribution in [2.45, 2.75) is 30.6 Å². The molecule has 1 saturated heterocycles. The third-order valence-corrected chi connectivity index (χ3v) is 6.74. The molecule has 0 aromatic heterocycles. The van der Waals surface area contributed by atoms with Crippen LogP contribution >= 0.6 is 0 Å². The Labute approximate surface area is 152 Å². The molecule has 2 aliphatic rings. The molecule has 1 heterocycles. The number of hydrogen-bond acceptors (Lipinski definition) is 4. The fourth-order valence-corrected chi connectivity index (χ4v) is 4.85. The summed E-state index contributed by atoms with van der Waals surface area (Å²) in [5.41, 5.74) is 2.34. The van der Waals surface area contributed by atoms with E-state index in [1.807, 2.05) is 6.07 Å². The van der Waals surface area contributed by atoms with E-state index in [-0.39, 0.29) is 45.2 Å². The summed E-state index contributed by atoms with van der Waals surface area (Å²) in [5, 5.41) is 11.1. The number of aryl methyl sites for hydroxylation is 2. The summed E-state index contributed by atoms with van der Waals surface area (Å²) in [4.78, 5) is 24.3. The molecule has 3 rings (SSSR count). The fraction of sp³-hybridized carbons (Fsp3) is 0.529. The van der Waals surface area contributed by atoms with Gasteiger partial charge in [-0.2, -0.15) is 4.31 Å². The van der Waals surface area contributed by atoms with E-state index in [0.29, 0.717) is 4.90 Å². The molecule has 2 N–H and O–H groups in total. The van der Waals surface area contributed by atoms with Crippen LogP contribution in [-0.2, 0) is 27.7 Å². The largest absolute Gasteiger partial charge is 0.481 e. The van der Waals surface area contributed by atoms with Crippen LogP contribution in [0, 0.1) is 0 Å². The molecule has 142 valence electrons. The lowest BCUT2D eigenvalue weighted by Gasteiger charge is -2.34. The van der Waals surface area contributed by atoms with Crippen molar-refractivity contribution in [3.8, 4) is 0 Å². The minimum Gasteiger partial charge on any atom is -0.481 e. The van der Waals surface area contributed by atoms with Crippen LogP contribution in [0.25, 0.3) is 0 Å². The van der Waals surface area contributed by atoms with Gasteiger partial charge in [0.05, 0.1) is 11.3 Å². The Balaban J connectivity index is 1.58. The molecule has 2 amide bonds. The zero-order valence-electron chi connectivity index (χ0n) is 14.5. The van der Waals surface area contributed by atoms with Crippen LogP contribution < -0.4 is 5.32 Å². The Morgan fingerprint density at radius 1 is 1.08 bits per heavy atom. The number of fused-ring (bicyclic) bond motifs is 1. The quantitative estimate of drug-likeness (QED) is 0.779. The van der Waals surface area contributed by atoms with E-state index >= 15 is 0 Å². The van der Waals surface area contributed by atoms with Crippen LogP contribution in [0.2, 0.25) is 0 Å². The number of hydrogen-bond donors (Lipinski definition) is 2. The number of carbonyl (C=O) groups is 2. The summed E-state index contributed by atoms with van der Waals surface area (Å²) in [7, 11) is -3.56. The van der Waals surface area contributed by atoms with E-state index in [1.54, 1.807) is 12.1 Å². The zero-order valence-corrected chi connectivity index (χ0v) is 15.3. The van der Waals surface area contributed by atoms with Crippen molar-refractivity contribution in [1.82, 2.24) is 14.5 Å². The number of aliphatic carboxylic acids is 1. The number of benzene rings is 1. The van der Waals surface area contributed by atoms with Gasteiger partial charge in [-0.05, 0) is 42.5 Å². The van der Waals surface area contributed by atoms with Crippen LogP contribution in [0.4, 0.5) is 4.79 Å². The Morgan fingerprint density at radius 2 is 1.77 bits per heavy atom. The first-order valence-corrected chi connectivity index (χ1v) is 10.2. The topological polar surface area (TPSA) is 107 Å². The van der Waals surface area contributed by atoms with Gasteiger partial charge in [0, 0.05) is 32.7 Å². The molecule has 1 aliphatic heterocycles. The molecule has 1 fully saturated rings. The van der Waals surface area contributed by atoms with E-state index in [9.17, 15) is 18.0 Å². The van der Waals surface area contributed by atoms with Gasteiger partial charge in [0.2, 0.25) is 10.0 Å². The summed E-state index contributed by atoms with van der Waals surface area (Å²) < 4.78 is 27.1. The highest BCUT2D eigenvalue weighted by Gasteiger charge is 2.30. The van der Waals surface area contributed by atoms with Crippen LogP contribution in [0.5, 0.6) is 0 Å². The van der Waals surface area contributed by atoms with Gasteiger partial charge in [0.15, 0.2) is 0 Å². The second kappa shape index (κ2) is 7.63. The van der Waals surface area contributed by atoms with Crippen molar-refractivity contribution in [2.24, 2.45) is 0 Å². The number of piperazine rings is 1. The van der Waals surface area contributed by atoms with E-state index in [0.717, 1.165) is 24.8 Å². The van der Waals surface area contributed by atoms with Crippen LogP contribution in [-0.4, -0.2) is 67.5 Å². The average Bonchev–Trinajstić information content (AvgIpc) is 3.09. The first-order valence-electron chi connectivity index (χ1n) is 8.74. The second-order valence-electron chi connectivity index (χ2n) is 6.55. The summed E-state index contributed by atoms with van der Waals surface area (Å²) >= 11 is 0. The highest BCUT2D eigenvalue weighted by atomic mass is 32.2. The second-order valence-corrected chi connectivity index (χ2v) is 8.49. The minimum atomic E-state index is -3.56. The third kappa shape index (κ3) is 3.99. The third-order valence-electron chi connectivity index (χ3n) is 4.85. The summed E-state index contributed by atoms with van der Waals surface area (Å²) in [6, 6.07) is 5.00. The highest BCUT2D eigenvalue weighted by Crippen LogP contribution is 2.26. The number of carboxylic acid groups (broad SMARTS) is 1. The maximum atomic E-state index is 12.9. The molecule has 9 heteroatoms. The molecular weight excluding hydrogens is 358 g/mol.